The van der Waals surface area contributed by atoms with E-state index in [-0.39, 0.29) is 11.8 Å². The van der Waals surface area contributed by atoms with Crippen molar-refractivity contribution in [3.05, 3.63) is 107 Å². The van der Waals surface area contributed by atoms with Crippen molar-refractivity contribution >= 4 is 22.7 Å². The van der Waals surface area contributed by atoms with Crippen LogP contribution in [0.15, 0.2) is 84.9 Å². The number of nitrogens with zero attached hydrogens (tertiary/aromatic N) is 4. The Kier molecular flexibility index (Phi) is 17.6. The number of hydrogen-bond acceptors (Lipinski definition) is 7. The first kappa shape index (κ1) is 43.4. The standard InChI is InChI=1S/C48H70N4O3/c1-11-51(12-2)41-29-31-45(47(35-41)54-15-5)43(37-21-25-39(26-22-37)49(7)8)19-17-33-53-34-18-20-44(38-23-27-40(28-24-38)50(9)10)46-32-30-42(52(13-3)14-4)36-48(46)55-16-6/h21-32,35-36,43-44H,11-20,33-34H2,1-10H3. The minimum Gasteiger partial charge on any atom is -0.493 e. The van der Waals surface area contributed by atoms with E-state index in [4.69, 9.17) is 14.2 Å². The zero-order valence-electron chi connectivity index (χ0n) is 35.7. The van der Waals surface area contributed by atoms with Gasteiger partial charge < -0.3 is 33.8 Å². The molecule has 0 fully saturated rings. The van der Waals surface area contributed by atoms with Gasteiger partial charge in [-0.15, -0.1) is 0 Å². The molecule has 0 N–H and O–H groups in total. The molecule has 4 aromatic carbocycles. The van der Waals surface area contributed by atoms with Crippen LogP contribution < -0.4 is 29.1 Å². The van der Waals surface area contributed by atoms with Crippen LogP contribution in [0, 0.1) is 0 Å². The first-order valence-electron chi connectivity index (χ1n) is 20.8. The Morgan fingerprint density at radius 3 is 1.11 bits per heavy atom. The Morgan fingerprint density at radius 2 is 0.800 bits per heavy atom. The van der Waals surface area contributed by atoms with E-state index in [2.05, 4.69) is 174 Å². The van der Waals surface area contributed by atoms with Crippen molar-refractivity contribution in [1.82, 2.24) is 0 Å². The molecular formula is C48H70N4O3. The molecule has 55 heavy (non-hydrogen) atoms. The quantitative estimate of drug-likeness (QED) is 0.0661. The van der Waals surface area contributed by atoms with Crippen LogP contribution in [0.2, 0.25) is 0 Å². The summed E-state index contributed by atoms with van der Waals surface area (Å²) in [5, 5.41) is 0. The van der Waals surface area contributed by atoms with Crippen molar-refractivity contribution in [2.24, 2.45) is 0 Å². The molecule has 0 aliphatic rings. The molecule has 0 bridgehead atoms. The maximum atomic E-state index is 6.40. The monoisotopic (exact) mass is 751 g/mol. The molecule has 4 aromatic rings. The summed E-state index contributed by atoms with van der Waals surface area (Å²) in [5.74, 6) is 2.38. The summed E-state index contributed by atoms with van der Waals surface area (Å²) in [6.07, 6.45) is 3.87. The average Bonchev–Trinajstić information content (AvgIpc) is 3.19. The van der Waals surface area contributed by atoms with E-state index in [1.165, 1.54) is 45.0 Å². The van der Waals surface area contributed by atoms with Crippen molar-refractivity contribution in [3.8, 4) is 11.5 Å². The summed E-state index contributed by atoms with van der Waals surface area (Å²) in [7, 11) is 8.36. The Morgan fingerprint density at radius 1 is 0.455 bits per heavy atom. The van der Waals surface area contributed by atoms with Gasteiger partial charge in [0.1, 0.15) is 11.5 Å². The fourth-order valence-electron chi connectivity index (χ4n) is 7.65. The molecule has 0 aromatic heterocycles. The molecule has 2 atom stereocenters. The van der Waals surface area contributed by atoms with Gasteiger partial charge in [0, 0.05) is 125 Å². The van der Waals surface area contributed by atoms with Gasteiger partial charge in [-0.3, -0.25) is 0 Å². The molecule has 0 spiro atoms. The smallest absolute Gasteiger partial charge is 0.125 e. The third-order valence-electron chi connectivity index (χ3n) is 10.8. The number of benzene rings is 4. The number of hydrogen-bond donors (Lipinski definition) is 0. The van der Waals surface area contributed by atoms with Crippen LogP contribution >= 0.6 is 0 Å². The van der Waals surface area contributed by atoms with Crippen LogP contribution in [0.3, 0.4) is 0 Å². The van der Waals surface area contributed by atoms with E-state index >= 15 is 0 Å². The predicted octanol–water partition coefficient (Wildman–Crippen LogP) is 10.8. The lowest BCUT2D eigenvalue weighted by Gasteiger charge is -2.26. The molecule has 0 aliphatic carbocycles. The van der Waals surface area contributed by atoms with Crippen molar-refractivity contribution in [3.63, 3.8) is 0 Å². The largest absolute Gasteiger partial charge is 0.493 e. The van der Waals surface area contributed by atoms with Crippen molar-refractivity contribution in [2.75, 3.05) is 100 Å². The topological polar surface area (TPSA) is 40.7 Å². The van der Waals surface area contributed by atoms with E-state index in [0.29, 0.717) is 13.2 Å². The van der Waals surface area contributed by atoms with E-state index < -0.39 is 0 Å². The van der Waals surface area contributed by atoms with Gasteiger partial charge in [-0.2, -0.15) is 0 Å². The summed E-state index contributed by atoms with van der Waals surface area (Å²) in [6.45, 7) is 19.6. The lowest BCUT2D eigenvalue weighted by atomic mass is 9.86. The molecular weight excluding hydrogens is 681 g/mol. The Labute approximate surface area is 334 Å². The molecule has 0 heterocycles. The average molecular weight is 751 g/mol. The first-order valence-corrected chi connectivity index (χ1v) is 20.8. The van der Waals surface area contributed by atoms with Gasteiger partial charge in [-0.05, 0) is 115 Å². The Hall–Kier alpha value is -4.36. The number of rotatable bonds is 24. The Bertz CT molecular complexity index is 1560. The maximum Gasteiger partial charge on any atom is 0.125 e. The molecule has 300 valence electrons. The fourth-order valence-corrected chi connectivity index (χ4v) is 7.65. The molecule has 2 unspecified atom stereocenters. The number of ether oxygens (including phenoxy) is 3. The van der Waals surface area contributed by atoms with Crippen molar-refractivity contribution in [2.45, 2.75) is 79.1 Å². The predicted molar refractivity (Wildman–Crippen MR) is 237 cm³/mol. The van der Waals surface area contributed by atoms with Gasteiger partial charge in [0.2, 0.25) is 0 Å². The van der Waals surface area contributed by atoms with Crippen LogP contribution in [-0.2, 0) is 4.74 Å². The third kappa shape index (κ3) is 11.8. The maximum absolute atomic E-state index is 6.40. The minimum atomic E-state index is 0.206. The minimum absolute atomic E-state index is 0.206. The van der Waals surface area contributed by atoms with Crippen LogP contribution in [0.5, 0.6) is 11.5 Å². The SMILES string of the molecule is CCOc1cc(N(CC)CC)ccc1C(CCCOCCCC(c1ccc(N(C)C)cc1)c1ccc(N(CC)CC)cc1OCC)c1ccc(N(C)C)cc1. The molecule has 7 heteroatoms. The molecule has 7 nitrogen and oxygen atoms in total. The summed E-state index contributed by atoms with van der Waals surface area (Å²) in [4.78, 5) is 9.06. The van der Waals surface area contributed by atoms with E-state index in [1.54, 1.807) is 0 Å². The second-order valence-electron chi connectivity index (χ2n) is 14.6. The molecule has 0 saturated heterocycles. The van der Waals surface area contributed by atoms with E-state index in [1.807, 2.05) is 0 Å². The summed E-state index contributed by atoms with van der Waals surface area (Å²) >= 11 is 0. The zero-order valence-corrected chi connectivity index (χ0v) is 35.7. The molecule has 0 amide bonds. The van der Waals surface area contributed by atoms with Crippen LogP contribution in [0.25, 0.3) is 0 Å². The summed E-state index contributed by atoms with van der Waals surface area (Å²) in [5.41, 5.74) is 9.93. The summed E-state index contributed by atoms with van der Waals surface area (Å²) < 4.78 is 19.1. The second-order valence-corrected chi connectivity index (χ2v) is 14.6. The van der Waals surface area contributed by atoms with Crippen molar-refractivity contribution in [1.29, 1.82) is 0 Å². The van der Waals surface area contributed by atoms with Crippen molar-refractivity contribution < 1.29 is 14.2 Å². The van der Waals surface area contributed by atoms with Gasteiger partial charge in [0.15, 0.2) is 0 Å². The third-order valence-corrected chi connectivity index (χ3v) is 10.8. The van der Waals surface area contributed by atoms with Crippen LogP contribution in [0.4, 0.5) is 22.7 Å². The van der Waals surface area contributed by atoms with Gasteiger partial charge in [-0.25, -0.2) is 0 Å². The van der Waals surface area contributed by atoms with Gasteiger partial charge >= 0.3 is 0 Å². The van der Waals surface area contributed by atoms with Gasteiger partial charge in [0.05, 0.1) is 13.2 Å². The molecule has 0 aliphatic heterocycles. The fraction of sp³-hybridized carbons (Fsp3) is 0.500. The Balaban J connectivity index is 1.49. The highest BCUT2D eigenvalue weighted by Crippen LogP contribution is 2.40. The molecule has 0 saturated carbocycles. The van der Waals surface area contributed by atoms with E-state index in [0.717, 1.165) is 76.6 Å². The van der Waals surface area contributed by atoms with Crippen LogP contribution in [-0.4, -0.2) is 80.8 Å². The second kappa shape index (κ2) is 22.3. The van der Waals surface area contributed by atoms with E-state index in [9.17, 15) is 0 Å². The highest BCUT2D eigenvalue weighted by atomic mass is 16.5. The first-order chi connectivity index (χ1) is 26.7. The lowest BCUT2D eigenvalue weighted by molar-refractivity contribution is 0.125. The zero-order chi connectivity index (χ0) is 39.7. The molecule has 4 rings (SSSR count). The van der Waals surface area contributed by atoms with Gasteiger partial charge in [0.25, 0.3) is 0 Å². The van der Waals surface area contributed by atoms with Crippen LogP contribution in [0.1, 0.15) is 101 Å². The molecule has 0 radical (unpaired) electrons. The van der Waals surface area contributed by atoms with Gasteiger partial charge in [-0.1, -0.05) is 36.4 Å². The highest BCUT2D eigenvalue weighted by Gasteiger charge is 2.22. The highest BCUT2D eigenvalue weighted by molar-refractivity contribution is 5.58. The normalized spacial score (nSPS) is 12.3. The number of anilines is 4. The lowest BCUT2D eigenvalue weighted by Crippen LogP contribution is -2.22. The summed E-state index contributed by atoms with van der Waals surface area (Å²) in [6, 6.07) is 31.6.